The number of Topliss-reactive ketones (excluding diaryl/α,β-unsaturated/α-hetero) is 1. The van der Waals surface area contributed by atoms with E-state index in [0.29, 0.717) is 48.7 Å². The number of halogens is 2. The topological polar surface area (TPSA) is 50.1 Å². The van der Waals surface area contributed by atoms with Crippen molar-refractivity contribution in [3.05, 3.63) is 89.4 Å². The fourth-order valence-electron chi connectivity index (χ4n) is 5.50. The van der Waals surface area contributed by atoms with Crippen LogP contribution in [-0.2, 0) is 12.8 Å². The molecule has 4 aromatic rings. The Kier molecular flexibility index (Phi) is 8.05. The number of aromatic nitrogens is 2. The minimum atomic E-state index is -0.392. The molecule has 6 nitrogen and oxygen atoms in total. The quantitative estimate of drug-likeness (QED) is 0.225. The Morgan fingerprint density at radius 2 is 1.85 bits per heavy atom. The summed E-state index contributed by atoms with van der Waals surface area (Å²) >= 11 is 0. The smallest absolute Gasteiger partial charge is 0.181 e. The molecule has 8 heteroatoms. The maximum Gasteiger partial charge on any atom is 0.181 e. The Morgan fingerprint density at radius 3 is 2.52 bits per heavy atom. The summed E-state index contributed by atoms with van der Waals surface area (Å²) in [6.07, 6.45) is 2.86. The molecule has 0 unspecified atom stereocenters. The lowest BCUT2D eigenvalue weighted by Gasteiger charge is -2.42. The third-order valence-electron chi connectivity index (χ3n) is 7.42. The van der Waals surface area contributed by atoms with Gasteiger partial charge >= 0.3 is 0 Å². The number of fused-ring (bicyclic) bond motifs is 1. The number of piperazine rings is 1. The molecular weight excluding hydrogens is 510 g/mol. The number of hydrogen-bond donors (Lipinski definition) is 0. The number of aryl methyl sites for hydroxylation is 2. The number of ketones is 1. The first-order valence-electron chi connectivity index (χ1n) is 14.0. The van der Waals surface area contributed by atoms with E-state index in [0.717, 1.165) is 23.5 Å². The Balaban J connectivity index is 1.22. The molecule has 0 N–H and O–H groups in total. The molecule has 210 valence electrons. The van der Waals surface area contributed by atoms with Crippen molar-refractivity contribution >= 4 is 22.8 Å². The third-order valence-corrected chi connectivity index (χ3v) is 7.42. The van der Waals surface area contributed by atoms with E-state index >= 15 is 4.39 Å². The summed E-state index contributed by atoms with van der Waals surface area (Å²) in [5.41, 5.74) is 4.02. The van der Waals surface area contributed by atoms with Crippen LogP contribution in [0.2, 0.25) is 0 Å². The Labute approximate surface area is 234 Å². The van der Waals surface area contributed by atoms with E-state index in [1.165, 1.54) is 24.4 Å². The van der Waals surface area contributed by atoms with Gasteiger partial charge in [-0.3, -0.25) is 9.20 Å². The van der Waals surface area contributed by atoms with Gasteiger partial charge in [0.15, 0.2) is 5.78 Å². The van der Waals surface area contributed by atoms with Gasteiger partial charge < -0.3 is 14.5 Å². The summed E-state index contributed by atoms with van der Waals surface area (Å²) in [5.74, 6) is 0.0968. The average Bonchev–Trinajstić information content (AvgIpc) is 3.30. The molecule has 2 aromatic carbocycles. The summed E-state index contributed by atoms with van der Waals surface area (Å²) in [7, 11) is 0. The molecule has 0 bridgehead atoms. The first-order valence-corrected chi connectivity index (χ1v) is 14.0. The molecule has 0 saturated carbocycles. The van der Waals surface area contributed by atoms with Crippen molar-refractivity contribution < 1.29 is 18.3 Å². The average molecular weight is 547 g/mol. The van der Waals surface area contributed by atoms with E-state index in [-0.39, 0.29) is 30.2 Å². The highest BCUT2D eigenvalue weighted by Crippen LogP contribution is 2.28. The molecule has 0 radical (unpaired) electrons. The normalized spacial score (nSPS) is 15.7. The molecule has 1 fully saturated rings. The molecule has 1 aliphatic rings. The van der Waals surface area contributed by atoms with E-state index in [4.69, 9.17) is 4.74 Å². The van der Waals surface area contributed by atoms with Crippen molar-refractivity contribution in [2.24, 2.45) is 0 Å². The van der Waals surface area contributed by atoms with Crippen LogP contribution in [0.3, 0.4) is 0 Å². The van der Waals surface area contributed by atoms with Crippen LogP contribution in [0.5, 0.6) is 5.75 Å². The third kappa shape index (κ3) is 5.81. The van der Waals surface area contributed by atoms with Gasteiger partial charge in [-0.15, -0.1) is 0 Å². The lowest BCUT2D eigenvalue weighted by atomic mass is 10.0. The van der Waals surface area contributed by atoms with Crippen LogP contribution in [0, 0.1) is 11.6 Å². The maximum atomic E-state index is 15.3. The van der Waals surface area contributed by atoms with Gasteiger partial charge in [0.2, 0.25) is 0 Å². The van der Waals surface area contributed by atoms with Crippen molar-refractivity contribution in [1.82, 2.24) is 9.38 Å². The van der Waals surface area contributed by atoms with Crippen LogP contribution in [0.1, 0.15) is 55.9 Å². The number of carbonyl (C=O) groups excluding carboxylic acids is 1. The number of imidazole rings is 1. The predicted octanol–water partition coefficient (Wildman–Crippen LogP) is 6.49. The zero-order chi connectivity index (χ0) is 28.4. The molecular formula is C32H36F2N4O2. The van der Waals surface area contributed by atoms with Crippen molar-refractivity contribution in [1.29, 1.82) is 0 Å². The highest BCUT2D eigenvalue weighted by atomic mass is 19.1. The molecule has 0 aliphatic carbocycles. The van der Waals surface area contributed by atoms with E-state index < -0.39 is 5.82 Å². The van der Waals surface area contributed by atoms with Gasteiger partial charge in [-0.25, -0.2) is 13.8 Å². The second-order valence-corrected chi connectivity index (χ2v) is 10.7. The van der Waals surface area contributed by atoms with Crippen molar-refractivity contribution in [2.45, 2.75) is 59.1 Å². The van der Waals surface area contributed by atoms with Crippen LogP contribution < -0.4 is 14.5 Å². The largest absolute Gasteiger partial charge is 0.491 e. The summed E-state index contributed by atoms with van der Waals surface area (Å²) in [6, 6.07) is 16.3. The lowest BCUT2D eigenvalue weighted by Crippen LogP contribution is -2.52. The Bertz CT molecular complexity index is 1500. The van der Waals surface area contributed by atoms with Gasteiger partial charge in [0.25, 0.3) is 0 Å². The molecule has 40 heavy (non-hydrogen) atoms. The number of carbonyl (C=O) groups is 1. The van der Waals surface area contributed by atoms with Gasteiger partial charge in [-0.05, 0) is 81.6 Å². The fraction of sp³-hybridized carbons (Fsp3) is 0.375. The minimum Gasteiger partial charge on any atom is -0.491 e. The lowest BCUT2D eigenvalue weighted by molar-refractivity contribution is 0.0976. The first-order chi connectivity index (χ1) is 19.2. The highest BCUT2D eigenvalue weighted by Gasteiger charge is 2.26. The van der Waals surface area contributed by atoms with Gasteiger partial charge in [0.1, 0.15) is 28.7 Å². The van der Waals surface area contributed by atoms with E-state index in [1.807, 2.05) is 45.0 Å². The van der Waals surface area contributed by atoms with Crippen molar-refractivity contribution in [2.75, 3.05) is 29.4 Å². The van der Waals surface area contributed by atoms with Gasteiger partial charge in [0.05, 0.1) is 17.5 Å². The number of benzene rings is 2. The maximum absolute atomic E-state index is 15.3. The second kappa shape index (κ2) is 11.7. The SMILES string of the molecule is CCc1nc2cc(F)ccn2c1C(=O)CCc1ccc(N2CCN(c3ccc(OC(C)C)cc3)[C@@H](C)C2)c(F)c1. The van der Waals surface area contributed by atoms with Gasteiger partial charge in [-0.2, -0.15) is 0 Å². The van der Waals surface area contributed by atoms with Gasteiger partial charge in [0, 0.05) is 50.0 Å². The predicted molar refractivity (Wildman–Crippen MR) is 155 cm³/mol. The molecule has 3 heterocycles. The molecule has 1 atom stereocenters. The summed E-state index contributed by atoms with van der Waals surface area (Å²) < 4.78 is 36.3. The summed E-state index contributed by atoms with van der Waals surface area (Å²) in [5, 5.41) is 0. The van der Waals surface area contributed by atoms with E-state index in [1.54, 1.807) is 4.40 Å². The second-order valence-electron chi connectivity index (χ2n) is 10.7. The van der Waals surface area contributed by atoms with Gasteiger partial charge in [-0.1, -0.05) is 13.0 Å². The van der Waals surface area contributed by atoms with Crippen LogP contribution in [-0.4, -0.2) is 46.9 Å². The molecule has 1 saturated heterocycles. The molecule has 0 spiro atoms. The zero-order valence-electron chi connectivity index (χ0n) is 23.5. The first kappa shape index (κ1) is 27.6. The fourth-order valence-corrected chi connectivity index (χ4v) is 5.50. The standard InChI is InChI=1S/C32H36F2N4O2/c1-5-28-32(38-15-14-24(33)19-31(38)35-28)30(39)13-7-23-6-12-29(27(34)18-23)36-16-17-37(22(4)20-36)25-8-10-26(11-9-25)40-21(2)3/h6,8-12,14-15,18-19,21-22H,5,7,13,16-17,20H2,1-4H3/t22-/m0/s1. The monoisotopic (exact) mass is 546 g/mol. The van der Waals surface area contributed by atoms with Crippen molar-refractivity contribution in [3.63, 3.8) is 0 Å². The summed E-state index contributed by atoms with van der Waals surface area (Å²) in [4.78, 5) is 22.0. The Hall–Kier alpha value is -3.94. The Morgan fingerprint density at radius 1 is 1.07 bits per heavy atom. The molecule has 1 aliphatic heterocycles. The number of rotatable bonds is 9. The van der Waals surface area contributed by atoms with Crippen LogP contribution in [0.15, 0.2) is 60.8 Å². The van der Waals surface area contributed by atoms with E-state index in [9.17, 15) is 9.18 Å². The molecule has 2 aromatic heterocycles. The number of nitrogens with zero attached hydrogens (tertiary/aromatic N) is 4. The number of ether oxygens (including phenoxy) is 1. The number of pyridine rings is 1. The minimum absolute atomic E-state index is 0.0887. The number of hydrogen-bond acceptors (Lipinski definition) is 5. The molecule has 0 amide bonds. The summed E-state index contributed by atoms with van der Waals surface area (Å²) in [6.45, 7) is 10.3. The van der Waals surface area contributed by atoms with Crippen LogP contribution in [0.4, 0.5) is 20.2 Å². The van der Waals surface area contributed by atoms with Crippen LogP contribution >= 0.6 is 0 Å². The molecule has 5 rings (SSSR count). The highest BCUT2D eigenvalue weighted by molar-refractivity contribution is 5.96. The zero-order valence-corrected chi connectivity index (χ0v) is 23.5. The van der Waals surface area contributed by atoms with E-state index in [2.05, 4.69) is 33.8 Å². The van der Waals surface area contributed by atoms with Crippen LogP contribution in [0.25, 0.3) is 5.65 Å². The van der Waals surface area contributed by atoms with Crippen molar-refractivity contribution in [3.8, 4) is 5.75 Å². The number of anilines is 2.